The van der Waals surface area contributed by atoms with E-state index in [-0.39, 0.29) is 16.1 Å². The molecule has 0 bridgehead atoms. The zero-order chi connectivity index (χ0) is 17.0. The molecule has 0 fully saturated rings. The maximum Gasteiger partial charge on any atom is 0.261 e. The largest absolute Gasteiger partial charge is 0.493 e. The van der Waals surface area contributed by atoms with Gasteiger partial charge in [0.2, 0.25) is 0 Å². The van der Waals surface area contributed by atoms with E-state index < -0.39 is 10.0 Å². The molecule has 0 unspecified atom stereocenters. The summed E-state index contributed by atoms with van der Waals surface area (Å²) in [5.74, 6) is 0.674. The first-order valence-corrected chi connectivity index (χ1v) is 8.92. The van der Waals surface area contributed by atoms with E-state index in [0.717, 1.165) is 3.57 Å². The van der Waals surface area contributed by atoms with Gasteiger partial charge in [-0.1, -0.05) is 0 Å². The minimum absolute atomic E-state index is 0.108. The lowest BCUT2D eigenvalue weighted by Gasteiger charge is -2.13. The van der Waals surface area contributed by atoms with E-state index in [1.807, 2.05) is 6.07 Å². The van der Waals surface area contributed by atoms with Gasteiger partial charge in [-0.2, -0.15) is 5.26 Å². The summed E-state index contributed by atoms with van der Waals surface area (Å²) < 4.78 is 38.5. The Morgan fingerprint density at radius 3 is 2.17 bits per heavy atom. The van der Waals surface area contributed by atoms with Crippen LogP contribution in [0.2, 0.25) is 0 Å². The van der Waals surface area contributed by atoms with Crippen molar-refractivity contribution in [3.8, 4) is 17.6 Å². The van der Waals surface area contributed by atoms with Gasteiger partial charge in [-0.25, -0.2) is 8.42 Å². The highest BCUT2D eigenvalue weighted by Gasteiger charge is 2.18. The number of ether oxygens (including phenoxy) is 2. The Morgan fingerprint density at radius 2 is 1.65 bits per heavy atom. The Hall–Kier alpha value is -1.99. The van der Waals surface area contributed by atoms with Crippen LogP contribution in [0.15, 0.2) is 41.3 Å². The third-order valence-corrected chi connectivity index (χ3v) is 5.11. The fraction of sp³-hybridized carbons (Fsp3) is 0.133. The quantitative estimate of drug-likeness (QED) is 0.717. The number of nitrogens with one attached hydrogen (secondary N) is 1. The molecule has 0 saturated heterocycles. The van der Waals surface area contributed by atoms with Gasteiger partial charge < -0.3 is 9.47 Å². The van der Waals surface area contributed by atoms with E-state index in [1.165, 1.54) is 38.5 Å². The van der Waals surface area contributed by atoms with Gasteiger partial charge in [-0.15, -0.1) is 0 Å². The van der Waals surface area contributed by atoms with Crippen LogP contribution in [0.5, 0.6) is 11.5 Å². The molecule has 1 N–H and O–H groups in total. The van der Waals surface area contributed by atoms with Gasteiger partial charge in [0.15, 0.2) is 11.5 Å². The van der Waals surface area contributed by atoms with Crippen LogP contribution < -0.4 is 14.2 Å². The van der Waals surface area contributed by atoms with Crippen molar-refractivity contribution < 1.29 is 17.9 Å². The normalized spacial score (nSPS) is 10.7. The molecular formula is C15H13IN2O4S. The number of methoxy groups -OCH3 is 2. The Kier molecular flexibility index (Phi) is 5.33. The average molecular weight is 444 g/mol. The maximum absolute atomic E-state index is 12.4. The van der Waals surface area contributed by atoms with Crippen LogP contribution in [0.4, 0.5) is 5.69 Å². The molecular weight excluding hydrogens is 431 g/mol. The second-order valence-electron chi connectivity index (χ2n) is 4.42. The van der Waals surface area contributed by atoms with Crippen LogP contribution in [-0.2, 0) is 10.0 Å². The summed E-state index contributed by atoms with van der Waals surface area (Å²) in [6.07, 6.45) is 0. The molecule has 0 heterocycles. The van der Waals surface area contributed by atoms with Crippen molar-refractivity contribution in [2.45, 2.75) is 4.90 Å². The Bertz CT molecular complexity index is 858. The summed E-state index contributed by atoms with van der Waals surface area (Å²) in [4.78, 5) is 0.108. The second-order valence-corrected chi connectivity index (χ2v) is 7.35. The van der Waals surface area contributed by atoms with Crippen LogP contribution in [0.3, 0.4) is 0 Å². The number of nitrogens with zero attached hydrogens (tertiary/aromatic N) is 1. The summed E-state index contributed by atoms with van der Waals surface area (Å²) in [6, 6.07) is 11.2. The first-order valence-electron chi connectivity index (χ1n) is 6.35. The predicted molar refractivity (Wildman–Crippen MR) is 94.2 cm³/mol. The fourth-order valence-corrected chi connectivity index (χ4v) is 3.30. The van der Waals surface area contributed by atoms with Crippen molar-refractivity contribution >= 4 is 38.3 Å². The maximum atomic E-state index is 12.4. The third-order valence-electron chi connectivity index (χ3n) is 3.01. The number of benzene rings is 2. The van der Waals surface area contributed by atoms with Gasteiger partial charge in [-0.3, -0.25) is 4.72 Å². The van der Waals surface area contributed by atoms with Crippen LogP contribution in [-0.4, -0.2) is 22.6 Å². The third kappa shape index (κ3) is 3.86. The molecule has 0 spiro atoms. The monoisotopic (exact) mass is 444 g/mol. The summed E-state index contributed by atoms with van der Waals surface area (Å²) >= 11 is 2.09. The van der Waals surface area contributed by atoms with Crippen LogP contribution in [0, 0.1) is 14.9 Å². The van der Waals surface area contributed by atoms with Gasteiger partial charge in [0.1, 0.15) is 6.07 Å². The number of rotatable bonds is 5. The van der Waals surface area contributed by atoms with E-state index in [1.54, 1.807) is 12.1 Å². The number of hydrogen-bond donors (Lipinski definition) is 1. The zero-order valence-corrected chi connectivity index (χ0v) is 15.3. The lowest BCUT2D eigenvalue weighted by molar-refractivity contribution is 0.355. The Balaban J connectivity index is 2.46. The topological polar surface area (TPSA) is 88.4 Å². The number of halogens is 1. The molecule has 0 saturated carbocycles. The molecule has 0 aliphatic carbocycles. The molecule has 2 aromatic rings. The lowest BCUT2D eigenvalue weighted by Crippen LogP contribution is -2.14. The molecule has 0 radical (unpaired) electrons. The van der Waals surface area contributed by atoms with Gasteiger partial charge in [0.25, 0.3) is 10.0 Å². The lowest BCUT2D eigenvalue weighted by atomic mass is 10.2. The van der Waals surface area contributed by atoms with Crippen LogP contribution >= 0.6 is 22.6 Å². The molecule has 6 nitrogen and oxygen atoms in total. The number of sulfonamides is 1. The number of hydrogen-bond acceptors (Lipinski definition) is 5. The van der Waals surface area contributed by atoms with Gasteiger partial charge in [0.05, 0.1) is 30.4 Å². The Labute approximate surface area is 148 Å². The van der Waals surface area contributed by atoms with Crippen molar-refractivity contribution in [3.05, 3.63) is 45.5 Å². The van der Waals surface area contributed by atoms with Crippen molar-refractivity contribution in [1.82, 2.24) is 0 Å². The highest BCUT2D eigenvalue weighted by Crippen LogP contribution is 2.34. The zero-order valence-electron chi connectivity index (χ0n) is 12.3. The highest BCUT2D eigenvalue weighted by molar-refractivity contribution is 14.1. The number of nitriles is 1. The minimum Gasteiger partial charge on any atom is -0.493 e. The van der Waals surface area contributed by atoms with Crippen LogP contribution in [0.1, 0.15) is 5.56 Å². The van der Waals surface area contributed by atoms with Crippen molar-refractivity contribution in [3.63, 3.8) is 0 Å². The van der Waals surface area contributed by atoms with E-state index in [9.17, 15) is 13.7 Å². The summed E-state index contributed by atoms with van der Waals surface area (Å²) in [5.41, 5.74) is 0.264. The van der Waals surface area contributed by atoms with Crippen molar-refractivity contribution in [1.29, 1.82) is 5.26 Å². The van der Waals surface area contributed by atoms with Crippen molar-refractivity contribution in [2.24, 2.45) is 0 Å². The molecule has 0 aliphatic rings. The molecule has 0 atom stereocenters. The summed E-state index contributed by atoms with van der Waals surface area (Å²) in [7, 11) is -0.937. The van der Waals surface area contributed by atoms with Crippen LogP contribution in [0.25, 0.3) is 0 Å². The van der Waals surface area contributed by atoms with E-state index in [4.69, 9.17) is 9.47 Å². The molecule has 2 rings (SSSR count). The molecule has 0 aliphatic heterocycles. The van der Waals surface area contributed by atoms with E-state index in [0.29, 0.717) is 11.5 Å². The molecule has 8 heteroatoms. The summed E-state index contributed by atoms with van der Waals surface area (Å²) in [5, 5.41) is 9.22. The Morgan fingerprint density at radius 1 is 1.09 bits per heavy atom. The van der Waals surface area contributed by atoms with Crippen molar-refractivity contribution in [2.75, 3.05) is 18.9 Å². The molecule has 23 heavy (non-hydrogen) atoms. The minimum atomic E-state index is -3.81. The number of anilines is 1. The molecule has 2 aromatic carbocycles. The van der Waals surface area contributed by atoms with Gasteiger partial charge in [-0.05, 0) is 46.9 Å². The highest BCUT2D eigenvalue weighted by atomic mass is 127. The first kappa shape index (κ1) is 17.4. The molecule has 0 amide bonds. The summed E-state index contributed by atoms with van der Waals surface area (Å²) in [6.45, 7) is 0. The fourth-order valence-electron chi connectivity index (χ4n) is 1.87. The average Bonchev–Trinajstić information content (AvgIpc) is 2.54. The van der Waals surface area contributed by atoms with Gasteiger partial charge >= 0.3 is 0 Å². The van der Waals surface area contributed by atoms with E-state index >= 15 is 0 Å². The second kappa shape index (κ2) is 7.06. The van der Waals surface area contributed by atoms with E-state index in [2.05, 4.69) is 27.3 Å². The van der Waals surface area contributed by atoms with Gasteiger partial charge in [0, 0.05) is 15.7 Å². The first-order chi connectivity index (χ1) is 10.9. The molecule has 0 aromatic heterocycles. The SMILES string of the molecule is COc1cc(C#N)c(NS(=O)(=O)c2ccc(I)cc2)cc1OC. The predicted octanol–water partition coefficient (Wildman–Crippen LogP) is 2.98. The standard InChI is InChI=1S/C15H13IN2O4S/c1-21-14-7-10(9-17)13(8-15(14)22-2)18-23(19,20)12-5-3-11(16)4-6-12/h3-8,18H,1-2H3. The molecule has 120 valence electrons. The smallest absolute Gasteiger partial charge is 0.261 e.